The van der Waals surface area contributed by atoms with Crippen LogP contribution in [0.25, 0.3) is 4.96 Å². The molecule has 0 aliphatic rings. The van der Waals surface area contributed by atoms with Crippen molar-refractivity contribution in [1.29, 1.82) is 0 Å². The zero-order valence-electron chi connectivity index (χ0n) is 14.4. The Morgan fingerprint density at radius 2 is 2.13 bits per heavy atom. The number of thiazole rings is 1. The molecular weight excluding hydrogens is 421 g/mol. The van der Waals surface area contributed by atoms with Crippen molar-refractivity contribution in [3.8, 4) is 0 Å². The van der Waals surface area contributed by atoms with Crippen molar-refractivity contribution in [2.75, 3.05) is 6.54 Å². The lowest BCUT2D eigenvalue weighted by atomic mass is 10.0. The Hall–Kier alpha value is -0.830. The fourth-order valence-corrected chi connectivity index (χ4v) is 2.94. The van der Waals surface area contributed by atoms with Crippen LogP contribution in [-0.2, 0) is 6.54 Å². The topological polar surface area (TPSA) is 53.7 Å². The molecule has 2 heterocycles. The molecule has 0 aliphatic carbocycles. The number of nitrogens with zero attached hydrogens (tertiary/aromatic N) is 3. The third-order valence-corrected chi connectivity index (χ3v) is 4.22. The third-order valence-electron chi connectivity index (χ3n) is 3.45. The maximum atomic E-state index is 4.65. The number of aliphatic imine (C=N–C) groups is 1. The molecule has 130 valence electrons. The summed E-state index contributed by atoms with van der Waals surface area (Å²) in [5.41, 5.74) is 0.999. The summed E-state index contributed by atoms with van der Waals surface area (Å²) in [6, 6.07) is 0.422. The van der Waals surface area contributed by atoms with Crippen LogP contribution < -0.4 is 10.6 Å². The minimum absolute atomic E-state index is 0. The van der Waals surface area contributed by atoms with Gasteiger partial charge in [-0.25, -0.2) is 9.98 Å². The molecule has 7 heteroatoms. The normalized spacial score (nSPS) is 13.2. The summed E-state index contributed by atoms with van der Waals surface area (Å²) in [6.07, 6.45) is 6.45. The quantitative estimate of drug-likeness (QED) is 0.383. The van der Waals surface area contributed by atoms with E-state index in [1.54, 1.807) is 11.3 Å². The molecule has 0 amide bonds. The smallest absolute Gasteiger partial charge is 0.193 e. The van der Waals surface area contributed by atoms with E-state index in [-0.39, 0.29) is 24.0 Å². The number of hydrogen-bond donors (Lipinski definition) is 2. The first kappa shape index (κ1) is 20.2. The van der Waals surface area contributed by atoms with E-state index in [4.69, 9.17) is 0 Å². The van der Waals surface area contributed by atoms with Gasteiger partial charge in [0, 0.05) is 30.4 Å². The molecule has 0 bridgehead atoms. The molecule has 23 heavy (non-hydrogen) atoms. The van der Waals surface area contributed by atoms with Gasteiger partial charge in [0.15, 0.2) is 10.9 Å². The summed E-state index contributed by atoms with van der Waals surface area (Å²) in [5.74, 6) is 1.61. The molecule has 0 spiro atoms. The van der Waals surface area contributed by atoms with Gasteiger partial charge in [-0.2, -0.15) is 0 Å². The predicted octanol–water partition coefficient (Wildman–Crippen LogP) is 3.89. The van der Waals surface area contributed by atoms with Gasteiger partial charge in [0.25, 0.3) is 0 Å². The first-order chi connectivity index (χ1) is 10.6. The summed E-state index contributed by atoms with van der Waals surface area (Å²) in [7, 11) is 0. The van der Waals surface area contributed by atoms with Crippen LogP contribution in [0.3, 0.4) is 0 Å². The van der Waals surface area contributed by atoms with Gasteiger partial charge in [0.2, 0.25) is 0 Å². The van der Waals surface area contributed by atoms with E-state index >= 15 is 0 Å². The van der Waals surface area contributed by atoms with Crippen LogP contribution in [0.4, 0.5) is 0 Å². The molecule has 2 rings (SSSR count). The van der Waals surface area contributed by atoms with E-state index in [9.17, 15) is 0 Å². The van der Waals surface area contributed by atoms with Crippen LogP contribution in [0.5, 0.6) is 0 Å². The van der Waals surface area contributed by atoms with Gasteiger partial charge >= 0.3 is 0 Å². The lowest BCUT2D eigenvalue weighted by Crippen LogP contribution is -2.42. The Kier molecular flexibility index (Phi) is 8.90. The minimum Gasteiger partial charge on any atom is -0.357 e. The van der Waals surface area contributed by atoms with Crippen LogP contribution in [0.15, 0.2) is 22.8 Å². The Morgan fingerprint density at radius 1 is 1.35 bits per heavy atom. The SMILES string of the molecule is CCNC(=NCc1cn2ccsc2n1)NC(C)CCC(C)C.I. The fourth-order valence-electron chi connectivity index (χ4n) is 2.22. The van der Waals surface area contributed by atoms with Crippen molar-refractivity contribution in [3.05, 3.63) is 23.5 Å². The molecule has 0 aromatic carbocycles. The Bertz CT molecular complexity index is 576. The highest BCUT2D eigenvalue weighted by Crippen LogP contribution is 2.12. The van der Waals surface area contributed by atoms with E-state index in [2.05, 4.69) is 48.3 Å². The van der Waals surface area contributed by atoms with Gasteiger partial charge in [-0.1, -0.05) is 13.8 Å². The zero-order chi connectivity index (χ0) is 15.9. The molecule has 0 saturated heterocycles. The Labute approximate surface area is 160 Å². The van der Waals surface area contributed by atoms with Crippen LogP contribution >= 0.6 is 35.3 Å². The maximum Gasteiger partial charge on any atom is 0.193 e. The van der Waals surface area contributed by atoms with Gasteiger partial charge in [-0.05, 0) is 32.6 Å². The molecule has 2 N–H and O–H groups in total. The number of halogens is 1. The molecule has 5 nitrogen and oxygen atoms in total. The highest BCUT2D eigenvalue weighted by Gasteiger charge is 2.07. The summed E-state index contributed by atoms with van der Waals surface area (Å²) in [5, 5.41) is 8.82. The molecule has 2 aromatic heterocycles. The van der Waals surface area contributed by atoms with Gasteiger partial charge < -0.3 is 10.6 Å². The van der Waals surface area contributed by atoms with E-state index in [1.807, 2.05) is 22.2 Å². The first-order valence-corrected chi connectivity index (χ1v) is 8.92. The van der Waals surface area contributed by atoms with Crippen LogP contribution in [0.2, 0.25) is 0 Å². The second-order valence-corrected chi connectivity index (χ2v) is 6.91. The third kappa shape index (κ3) is 6.66. The molecule has 0 saturated carbocycles. The average Bonchev–Trinajstić information content (AvgIpc) is 3.03. The number of aromatic nitrogens is 2. The second kappa shape index (κ2) is 10.1. The lowest BCUT2D eigenvalue weighted by molar-refractivity contribution is 0.489. The van der Waals surface area contributed by atoms with Gasteiger partial charge in [0.05, 0.1) is 12.2 Å². The number of guanidine groups is 1. The van der Waals surface area contributed by atoms with E-state index < -0.39 is 0 Å². The van der Waals surface area contributed by atoms with Crippen molar-refractivity contribution in [3.63, 3.8) is 0 Å². The van der Waals surface area contributed by atoms with Gasteiger partial charge in [0.1, 0.15) is 0 Å². The van der Waals surface area contributed by atoms with E-state index in [0.717, 1.165) is 35.5 Å². The molecule has 2 aromatic rings. The Morgan fingerprint density at radius 3 is 2.78 bits per heavy atom. The first-order valence-electron chi connectivity index (χ1n) is 8.04. The summed E-state index contributed by atoms with van der Waals surface area (Å²) in [4.78, 5) is 10.2. The van der Waals surface area contributed by atoms with Crippen LogP contribution in [0.1, 0.15) is 46.2 Å². The van der Waals surface area contributed by atoms with Gasteiger partial charge in [-0.15, -0.1) is 35.3 Å². The van der Waals surface area contributed by atoms with Crippen molar-refractivity contribution in [2.24, 2.45) is 10.9 Å². The average molecular weight is 449 g/mol. The van der Waals surface area contributed by atoms with Gasteiger partial charge in [-0.3, -0.25) is 4.40 Å². The van der Waals surface area contributed by atoms with Crippen molar-refractivity contribution in [2.45, 2.75) is 53.1 Å². The van der Waals surface area contributed by atoms with Crippen molar-refractivity contribution < 1.29 is 0 Å². The predicted molar refractivity (Wildman–Crippen MR) is 110 cm³/mol. The highest BCUT2D eigenvalue weighted by atomic mass is 127. The maximum absolute atomic E-state index is 4.65. The molecular formula is C16H28IN5S. The second-order valence-electron chi connectivity index (χ2n) is 6.04. The van der Waals surface area contributed by atoms with Crippen molar-refractivity contribution >= 4 is 46.2 Å². The van der Waals surface area contributed by atoms with E-state index in [1.165, 1.54) is 6.42 Å². The fraction of sp³-hybridized carbons (Fsp3) is 0.625. The Balaban J connectivity index is 0.00000264. The number of fused-ring (bicyclic) bond motifs is 1. The number of nitrogens with one attached hydrogen (secondary N) is 2. The highest BCUT2D eigenvalue weighted by molar-refractivity contribution is 14.0. The summed E-state index contributed by atoms with van der Waals surface area (Å²) < 4.78 is 2.04. The largest absolute Gasteiger partial charge is 0.357 e. The molecule has 1 unspecified atom stereocenters. The molecule has 0 aliphatic heterocycles. The molecule has 1 atom stereocenters. The monoisotopic (exact) mass is 449 g/mol. The van der Waals surface area contributed by atoms with Crippen LogP contribution in [0, 0.1) is 5.92 Å². The number of hydrogen-bond acceptors (Lipinski definition) is 3. The van der Waals surface area contributed by atoms with Crippen LogP contribution in [-0.4, -0.2) is 27.9 Å². The minimum atomic E-state index is 0. The van der Waals surface area contributed by atoms with Crippen molar-refractivity contribution in [1.82, 2.24) is 20.0 Å². The van der Waals surface area contributed by atoms with E-state index in [0.29, 0.717) is 12.6 Å². The summed E-state index contributed by atoms with van der Waals surface area (Å²) in [6.45, 7) is 10.3. The summed E-state index contributed by atoms with van der Waals surface area (Å²) >= 11 is 1.64. The number of rotatable bonds is 7. The number of imidazole rings is 1. The zero-order valence-corrected chi connectivity index (χ0v) is 17.5. The lowest BCUT2D eigenvalue weighted by Gasteiger charge is -2.18. The molecule has 0 radical (unpaired) electrons. The molecule has 0 fully saturated rings. The standard InChI is InChI=1S/C16H27N5S.HI/c1-5-17-15(19-13(4)7-6-12(2)3)18-10-14-11-21-8-9-22-16(21)20-14;/h8-9,11-13H,5-7,10H2,1-4H3,(H2,17,18,19);1H.